The summed E-state index contributed by atoms with van der Waals surface area (Å²) in [4.78, 5) is 17.7. The van der Waals surface area contributed by atoms with Gasteiger partial charge in [0.2, 0.25) is 5.91 Å². The van der Waals surface area contributed by atoms with Crippen LogP contribution in [0.2, 0.25) is 0 Å². The molecule has 0 radical (unpaired) electrons. The van der Waals surface area contributed by atoms with Gasteiger partial charge in [-0.2, -0.15) is 15.3 Å². The quantitative estimate of drug-likeness (QED) is 0.351. The topological polar surface area (TPSA) is 95.5 Å². The molecule has 0 spiro atoms. The average Bonchev–Trinajstić information content (AvgIpc) is 3.48. The Hall–Kier alpha value is -4.27. The lowest BCUT2D eigenvalue weighted by Crippen LogP contribution is -2.20. The molecule has 5 rings (SSSR count). The van der Waals surface area contributed by atoms with Gasteiger partial charge in [-0.1, -0.05) is 29.8 Å². The van der Waals surface area contributed by atoms with Crippen LogP contribution in [-0.2, 0) is 24.4 Å². The molecular weight excluding hydrogens is 464 g/mol. The zero-order valence-electron chi connectivity index (χ0n) is 22.2. The molecule has 0 bridgehead atoms. The lowest BCUT2D eigenvalue weighted by molar-refractivity contribution is -0.116. The van der Waals surface area contributed by atoms with Crippen molar-refractivity contribution in [2.45, 2.75) is 61.2 Å². The minimum atomic E-state index is -0.173. The Balaban J connectivity index is 1.39. The molecule has 0 aliphatic heterocycles. The Morgan fingerprint density at radius 1 is 0.946 bits per heavy atom. The van der Waals surface area contributed by atoms with Crippen molar-refractivity contribution in [1.82, 2.24) is 34.3 Å². The number of nitrogens with zero attached hydrogens (tertiary/aromatic N) is 7. The van der Waals surface area contributed by atoms with E-state index < -0.39 is 0 Å². The molecule has 0 saturated heterocycles. The number of hydrogen-bond acceptors (Lipinski definition) is 5. The number of anilines is 1. The zero-order valence-corrected chi connectivity index (χ0v) is 22.2. The molecule has 5 aromatic rings. The molecule has 0 saturated carbocycles. The van der Waals surface area contributed by atoms with Crippen molar-refractivity contribution in [1.29, 1.82) is 0 Å². The Morgan fingerprint density at radius 3 is 2.46 bits per heavy atom. The van der Waals surface area contributed by atoms with Gasteiger partial charge in [-0.05, 0) is 58.7 Å². The minimum absolute atomic E-state index is 0.0566. The second-order valence-corrected chi connectivity index (χ2v) is 9.52. The van der Waals surface area contributed by atoms with Crippen LogP contribution < -0.4 is 5.32 Å². The fourth-order valence-corrected chi connectivity index (χ4v) is 4.83. The maximum atomic E-state index is 13.2. The first-order valence-corrected chi connectivity index (χ1v) is 12.5. The standard InChI is InChI=1S/C28H32N8O/c1-7-34-14-23(18(3)31-34)15-35-21(6)27(20(5)33-35)30-25(37)16-36-28-26(19(4)32-36)24(11-12-29-28)22-10-8-9-17(2)13-22/h8-14H,7,15-16H2,1-6H3,(H,30,37). The van der Waals surface area contributed by atoms with Crippen LogP contribution in [0.4, 0.5) is 5.69 Å². The van der Waals surface area contributed by atoms with E-state index in [4.69, 9.17) is 0 Å². The third-order valence-corrected chi connectivity index (χ3v) is 6.77. The van der Waals surface area contributed by atoms with Crippen LogP contribution >= 0.6 is 0 Å². The summed E-state index contributed by atoms with van der Waals surface area (Å²) in [6.07, 6.45) is 3.82. The van der Waals surface area contributed by atoms with E-state index >= 15 is 0 Å². The molecule has 0 fully saturated rings. The number of amides is 1. The predicted octanol–water partition coefficient (Wildman–Crippen LogP) is 4.74. The summed E-state index contributed by atoms with van der Waals surface area (Å²) in [6.45, 7) is 13.5. The number of pyridine rings is 1. The minimum Gasteiger partial charge on any atom is -0.321 e. The number of aryl methyl sites for hydroxylation is 5. The summed E-state index contributed by atoms with van der Waals surface area (Å²) in [5, 5.41) is 17.9. The maximum Gasteiger partial charge on any atom is 0.246 e. The van der Waals surface area contributed by atoms with Gasteiger partial charge in [0, 0.05) is 29.9 Å². The molecule has 9 nitrogen and oxygen atoms in total. The molecule has 0 aliphatic carbocycles. The second kappa shape index (κ2) is 9.65. The smallest absolute Gasteiger partial charge is 0.246 e. The lowest BCUT2D eigenvalue weighted by atomic mass is 10.0. The summed E-state index contributed by atoms with van der Waals surface area (Å²) in [5.74, 6) is -0.173. The summed E-state index contributed by atoms with van der Waals surface area (Å²) in [6, 6.07) is 10.4. The molecule has 4 heterocycles. The van der Waals surface area contributed by atoms with Gasteiger partial charge in [-0.15, -0.1) is 0 Å². The van der Waals surface area contributed by atoms with Crippen molar-refractivity contribution in [2.75, 3.05) is 5.32 Å². The third kappa shape index (κ3) is 4.64. The maximum absolute atomic E-state index is 13.2. The van der Waals surface area contributed by atoms with Crippen LogP contribution in [-0.4, -0.2) is 40.2 Å². The van der Waals surface area contributed by atoms with Crippen molar-refractivity contribution in [3.63, 3.8) is 0 Å². The van der Waals surface area contributed by atoms with Crippen LogP contribution in [0, 0.1) is 34.6 Å². The van der Waals surface area contributed by atoms with Crippen LogP contribution in [0.25, 0.3) is 22.2 Å². The zero-order chi connectivity index (χ0) is 26.3. The highest BCUT2D eigenvalue weighted by molar-refractivity contribution is 5.96. The molecule has 1 aromatic carbocycles. The molecule has 190 valence electrons. The highest BCUT2D eigenvalue weighted by Crippen LogP contribution is 2.30. The predicted molar refractivity (Wildman–Crippen MR) is 145 cm³/mol. The molecule has 1 N–H and O–H groups in total. The molecule has 4 aromatic heterocycles. The van der Waals surface area contributed by atoms with Crippen LogP contribution in [0.15, 0.2) is 42.7 Å². The van der Waals surface area contributed by atoms with Gasteiger partial charge in [0.25, 0.3) is 0 Å². The monoisotopic (exact) mass is 496 g/mol. The van der Waals surface area contributed by atoms with E-state index in [-0.39, 0.29) is 12.5 Å². The van der Waals surface area contributed by atoms with E-state index in [9.17, 15) is 4.79 Å². The summed E-state index contributed by atoms with van der Waals surface area (Å²) >= 11 is 0. The van der Waals surface area contributed by atoms with Crippen molar-refractivity contribution in [3.05, 3.63) is 76.6 Å². The van der Waals surface area contributed by atoms with E-state index in [2.05, 4.69) is 57.6 Å². The summed E-state index contributed by atoms with van der Waals surface area (Å²) in [7, 11) is 0. The van der Waals surface area contributed by atoms with Gasteiger partial charge in [-0.25, -0.2) is 9.67 Å². The fraction of sp³-hybridized carbons (Fsp3) is 0.321. The molecule has 0 atom stereocenters. The van der Waals surface area contributed by atoms with Gasteiger partial charge in [0.1, 0.15) is 6.54 Å². The highest BCUT2D eigenvalue weighted by atomic mass is 16.2. The number of nitrogens with one attached hydrogen (secondary N) is 1. The van der Waals surface area contributed by atoms with E-state index in [1.165, 1.54) is 5.56 Å². The first kappa shape index (κ1) is 24.4. The largest absolute Gasteiger partial charge is 0.321 e. The molecule has 37 heavy (non-hydrogen) atoms. The third-order valence-electron chi connectivity index (χ3n) is 6.77. The summed E-state index contributed by atoms with van der Waals surface area (Å²) < 4.78 is 5.52. The summed E-state index contributed by atoms with van der Waals surface area (Å²) in [5.41, 5.74) is 9.39. The van der Waals surface area contributed by atoms with E-state index in [0.29, 0.717) is 12.2 Å². The fourth-order valence-electron chi connectivity index (χ4n) is 4.83. The Morgan fingerprint density at radius 2 is 1.73 bits per heavy atom. The van der Waals surface area contributed by atoms with Crippen molar-refractivity contribution < 1.29 is 4.79 Å². The van der Waals surface area contributed by atoms with E-state index in [1.807, 2.05) is 55.4 Å². The van der Waals surface area contributed by atoms with Gasteiger partial charge >= 0.3 is 0 Å². The van der Waals surface area contributed by atoms with Crippen molar-refractivity contribution in [3.8, 4) is 11.1 Å². The highest BCUT2D eigenvalue weighted by Gasteiger charge is 2.19. The SMILES string of the molecule is CCn1cc(Cn2nc(C)c(NC(=O)Cn3nc(C)c4c(-c5cccc(C)c5)ccnc43)c2C)c(C)n1. The Labute approximate surface area is 216 Å². The Kier molecular flexibility index (Phi) is 6.37. The van der Waals surface area contributed by atoms with Gasteiger partial charge in [0.05, 0.1) is 35.0 Å². The second-order valence-electron chi connectivity index (χ2n) is 9.52. The number of rotatable bonds is 7. The van der Waals surface area contributed by atoms with Gasteiger partial charge in [0.15, 0.2) is 5.65 Å². The lowest BCUT2D eigenvalue weighted by Gasteiger charge is -2.08. The number of hydrogen-bond donors (Lipinski definition) is 1. The van der Waals surface area contributed by atoms with E-state index in [0.717, 1.165) is 57.1 Å². The normalized spacial score (nSPS) is 11.4. The average molecular weight is 497 g/mol. The number of aromatic nitrogens is 7. The van der Waals surface area contributed by atoms with Crippen molar-refractivity contribution in [2.24, 2.45) is 0 Å². The van der Waals surface area contributed by atoms with E-state index in [1.54, 1.807) is 10.9 Å². The van der Waals surface area contributed by atoms with Gasteiger partial charge < -0.3 is 5.32 Å². The first-order valence-electron chi connectivity index (χ1n) is 12.5. The van der Waals surface area contributed by atoms with Crippen molar-refractivity contribution >= 4 is 22.6 Å². The number of fused-ring (bicyclic) bond motifs is 1. The number of carbonyl (C=O) groups is 1. The first-order chi connectivity index (χ1) is 17.7. The van der Waals surface area contributed by atoms with Crippen LogP contribution in [0.1, 0.15) is 40.8 Å². The number of benzene rings is 1. The molecule has 0 unspecified atom stereocenters. The molecule has 0 aliphatic rings. The van der Waals surface area contributed by atoms with Gasteiger partial charge in [-0.3, -0.25) is 14.2 Å². The molecule has 1 amide bonds. The number of carbonyl (C=O) groups excluding carboxylic acids is 1. The molecule has 9 heteroatoms. The van der Waals surface area contributed by atoms with Crippen LogP contribution in [0.3, 0.4) is 0 Å². The Bertz CT molecular complexity index is 1620. The molecular formula is C28H32N8O. The van der Waals surface area contributed by atoms with Crippen LogP contribution in [0.5, 0.6) is 0 Å².